The van der Waals surface area contributed by atoms with E-state index in [9.17, 15) is 0 Å². The quantitative estimate of drug-likeness (QED) is 0.825. The van der Waals surface area contributed by atoms with Crippen molar-refractivity contribution < 1.29 is 0 Å². The first-order valence-electron chi connectivity index (χ1n) is 5.86. The van der Waals surface area contributed by atoms with Crippen molar-refractivity contribution in [2.24, 2.45) is 0 Å². The van der Waals surface area contributed by atoms with Crippen molar-refractivity contribution in [1.29, 1.82) is 0 Å². The Hall–Kier alpha value is -1.13. The number of benzene rings is 1. The third kappa shape index (κ3) is 3.96. The van der Waals surface area contributed by atoms with Crippen LogP contribution in [-0.2, 0) is 12.3 Å². The molecule has 0 aliphatic carbocycles. The van der Waals surface area contributed by atoms with Crippen molar-refractivity contribution in [3.05, 3.63) is 47.1 Å². The molecule has 0 unspecified atom stereocenters. The highest BCUT2D eigenvalue weighted by Gasteiger charge is 1.99. The van der Waals surface area contributed by atoms with Crippen molar-refractivity contribution in [2.75, 3.05) is 11.5 Å². The molecule has 0 spiro atoms. The van der Waals surface area contributed by atoms with Crippen molar-refractivity contribution in [1.82, 2.24) is 9.78 Å². The van der Waals surface area contributed by atoms with Crippen LogP contribution in [-0.4, -0.2) is 15.5 Å². The van der Waals surface area contributed by atoms with E-state index in [2.05, 4.69) is 11.2 Å². The van der Waals surface area contributed by atoms with Crippen LogP contribution in [0.4, 0.5) is 5.82 Å². The van der Waals surface area contributed by atoms with Crippen LogP contribution in [0.1, 0.15) is 12.0 Å². The number of anilines is 1. The molecule has 0 fully saturated rings. The summed E-state index contributed by atoms with van der Waals surface area (Å²) in [5.41, 5.74) is 6.75. The molecule has 2 N–H and O–H groups in total. The van der Waals surface area contributed by atoms with Crippen LogP contribution < -0.4 is 5.73 Å². The molecule has 0 saturated heterocycles. The number of aromatic nitrogens is 2. The van der Waals surface area contributed by atoms with Crippen LogP contribution >= 0.6 is 23.4 Å². The van der Waals surface area contributed by atoms with Crippen molar-refractivity contribution in [3.63, 3.8) is 0 Å². The Balaban J connectivity index is 1.66. The Morgan fingerprint density at radius 1 is 1.28 bits per heavy atom. The molecule has 1 aromatic carbocycles. The van der Waals surface area contributed by atoms with E-state index in [0.29, 0.717) is 5.82 Å². The fourth-order valence-electron chi connectivity index (χ4n) is 1.63. The van der Waals surface area contributed by atoms with E-state index in [-0.39, 0.29) is 0 Å². The van der Waals surface area contributed by atoms with Crippen molar-refractivity contribution in [2.45, 2.75) is 18.7 Å². The minimum absolute atomic E-state index is 0.582. The molecular formula is C13H16ClN3S. The normalized spacial score (nSPS) is 10.7. The summed E-state index contributed by atoms with van der Waals surface area (Å²) in [5.74, 6) is 2.63. The van der Waals surface area contributed by atoms with Gasteiger partial charge in [-0.2, -0.15) is 16.9 Å². The van der Waals surface area contributed by atoms with E-state index in [1.165, 1.54) is 5.56 Å². The first kappa shape index (κ1) is 13.3. The molecule has 18 heavy (non-hydrogen) atoms. The molecule has 96 valence electrons. The molecule has 2 rings (SSSR count). The maximum atomic E-state index is 6.09. The minimum atomic E-state index is 0.582. The average molecular weight is 282 g/mol. The summed E-state index contributed by atoms with van der Waals surface area (Å²) in [6.07, 6.45) is 2.99. The molecule has 5 heteroatoms. The van der Waals surface area contributed by atoms with Gasteiger partial charge in [0.25, 0.3) is 0 Å². The van der Waals surface area contributed by atoms with Gasteiger partial charge in [0.05, 0.1) is 0 Å². The highest BCUT2D eigenvalue weighted by Crippen LogP contribution is 2.21. The van der Waals surface area contributed by atoms with Gasteiger partial charge in [-0.25, -0.2) is 0 Å². The fraction of sp³-hybridized carbons (Fsp3) is 0.308. The lowest BCUT2D eigenvalue weighted by molar-refractivity contribution is 0.608. The van der Waals surface area contributed by atoms with Crippen LogP contribution in [0.15, 0.2) is 36.5 Å². The number of thioether (sulfide) groups is 1. The molecule has 0 aliphatic heterocycles. The zero-order chi connectivity index (χ0) is 12.8. The third-order valence-electron chi connectivity index (χ3n) is 2.55. The summed E-state index contributed by atoms with van der Waals surface area (Å²) >= 11 is 7.98. The van der Waals surface area contributed by atoms with Crippen molar-refractivity contribution >= 4 is 29.2 Å². The van der Waals surface area contributed by atoms with E-state index >= 15 is 0 Å². The molecule has 1 aromatic heterocycles. The molecule has 2 aromatic rings. The minimum Gasteiger partial charge on any atom is -0.382 e. The highest BCUT2D eigenvalue weighted by molar-refractivity contribution is 7.98. The molecule has 1 heterocycles. The standard InChI is InChI=1S/C13H16ClN3S/c14-12-5-2-1-4-11(12)10-18-9-3-7-17-8-6-13(15)16-17/h1-2,4-6,8H,3,7,9-10H2,(H2,15,16). The predicted octanol–water partition coefficient (Wildman–Crippen LogP) is 3.44. The van der Waals surface area contributed by atoms with Gasteiger partial charge in [-0.15, -0.1) is 0 Å². The molecule has 3 nitrogen and oxygen atoms in total. The lowest BCUT2D eigenvalue weighted by atomic mass is 10.2. The molecule has 0 bridgehead atoms. The van der Waals surface area contributed by atoms with Gasteiger partial charge >= 0.3 is 0 Å². The molecule has 0 atom stereocenters. The van der Waals surface area contributed by atoms with E-state index in [1.54, 1.807) is 0 Å². The second-order valence-corrected chi connectivity index (χ2v) is 5.51. The van der Waals surface area contributed by atoms with Gasteiger partial charge in [0, 0.05) is 23.5 Å². The number of nitrogens with zero attached hydrogens (tertiary/aromatic N) is 2. The first-order valence-corrected chi connectivity index (χ1v) is 7.39. The maximum Gasteiger partial charge on any atom is 0.145 e. The van der Waals surface area contributed by atoms with Crippen LogP contribution in [0.3, 0.4) is 0 Å². The zero-order valence-electron chi connectivity index (χ0n) is 10.1. The van der Waals surface area contributed by atoms with Gasteiger partial charge in [-0.1, -0.05) is 29.8 Å². The Morgan fingerprint density at radius 3 is 2.83 bits per heavy atom. The Kier molecular flexibility index (Phi) is 4.96. The summed E-state index contributed by atoms with van der Waals surface area (Å²) in [5, 5.41) is 5.00. The van der Waals surface area contributed by atoms with Gasteiger partial charge in [0.15, 0.2) is 0 Å². The fourth-order valence-corrected chi connectivity index (χ4v) is 2.86. The number of halogens is 1. The largest absolute Gasteiger partial charge is 0.382 e. The smallest absolute Gasteiger partial charge is 0.145 e. The summed E-state index contributed by atoms with van der Waals surface area (Å²) in [7, 11) is 0. The van der Waals surface area contributed by atoms with Gasteiger partial charge in [0.1, 0.15) is 5.82 Å². The highest BCUT2D eigenvalue weighted by atomic mass is 35.5. The average Bonchev–Trinajstić information content (AvgIpc) is 2.77. The summed E-state index contributed by atoms with van der Waals surface area (Å²) in [4.78, 5) is 0. The van der Waals surface area contributed by atoms with Gasteiger partial charge in [-0.05, 0) is 29.9 Å². The third-order valence-corrected chi connectivity index (χ3v) is 4.01. The van der Waals surface area contributed by atoms with Crippen molar-refractivity contribution in [3.8, 4) is 0 Å². The Labute approximate surface area is 116 Å². The van der Waals surface area contributed by atoms with Crippen LogP contribution in [0.25, 0.3) is 0 Å². The van der Waals surface area contributed by atoms with Crippen LogP contribution in [0.2, 0.25) is 5.02 Å². The number of nitrogen functional groups attached to an aromatic ring is 1. The molecule has 0 saturated carbocycles. The van der Waals surface area contributed by atoms with E-state index in [0.717, 1.165) is 29.5 Å². The summed E-state index contributed by atoms with van der Waals surface area (Å²) in [6, 6.07) is 9.80. The maximum absolute atomic E-state index is 6.09. The number of hydrogen-bond acceptors (Lipinski definition) is 3. The number of nitrogens with two attached hydrogens (primary N) is 1. The van der Waals surface area contributed by atoms with Gasteiger partial charge in [0.2, 0.25) is 0 Å². The van der Waals surface area contributed by atoms with E-state index in [1.807, 2.05) is 46.9 Å². The van der Waals surface area contributed by atoms with Gasteiger partial charge in [-0.3, -0.25) is 4.68 Å². The lowest BCUT2D eigenvalue weighted by Gasteiger charge is -2.04. The van der Waals surface area contributed by atoms with E-state index < -0.39 is 0 Å². The molecule has 0 radical (unpaired) electrons. The predicted molar refractivity (Wildman–Crippen MR) is 78.9 cm³/mol. The van der Waals surface area contributed by atoms with Gasteiger partial charge < -0.3 is 5.73 Å². The number of rotatable bonds is 6. The SMILES string of the molecule is Nc1ccn(CCCSCc2ccccc2Cl)n1. The van der Waals surface area contributed by atoms with Crippen LogP contribution in [0.5, 0.6) is 0 Å². The lowest BCUT2D eigenvalue weighted by Crippen LogP contribution is -2.00. The first-order chi connectivity index (χ1) is 8.75. The second kappa shape index (κ2) is 6.71. The molecular weight excluding hydrogens is 266 g/mol. The Bertz CT molecular complexity index is 498. The molecule has 0 amide bonds. The summed E-state index contributed by atoms with van der Waals surface area (Å²) < 4.78 is 1.88. The monoisotopic (exact) mass is 281 g/mol. The molecule has 0 aliphatic rings. The van der Waals surface area contributed by atoms with E-state index in [4.69, 9.17) is 17.3 Å². The number of aryl methyl sites for hydroxylation is 1. The Morgan fingerprint density at radius 2 is 2.11 bits per heavy atom. The van der Waals surface area contributed by atoms with Crippen LogP contribution in [0, 0.1) is 0 Å². The number of hydrogen-bond donors (Lipinski definition) is 1. The second-order valence-electron chi connectivity index (χ2n) is 4.00. The topological polar surface area (TPSA) is 43.8 Å². The zero-order valence-corrected chi connectivity index (χ0v) is 11.6. The summed E-state index contributed by atoms with van der Waals surface area (Å²) in [6.45, 7) is 0.909.